The SMILES string of the molecule is CN[C@H](CSCC1O[C@H]2O[C@@H]3C(CO)O[C@H](O[C@@H]4C(CO)O[C@H](O[C@@H]5C(CO)OC(O[C@@H]6C(CSC[C@@H](CC(=O)CCOCCOCCC(C)=O)C(=O)O)O[C@H](O[C@@H]7C(CO)O[C@@H](O[C@@H]8C(CO)O[C@@H](O[C@H]1[C@H](O)C2O)C(O)[C@H]8O)C(O)[C@H]7O)C(O)[C@H]6O)C(O)[C@H]5O)C(O)[C@H]4O)[C@@H](O)C3O)C(=O)O. The quantitative estimate of drug-likeness (QED) is 0.0340. The number of nitrogens with one attached hydrogen (secondary N) is 1. The van der Waals surface area contributed by atoms with E-state index in [-0.39, 0.29) is 62.3 Å². The number of carboxylic acid groups (broad SMARTS) is 2. The third kappa shape index (κ3) is 21.0. The van der Waals surface area contributed by atoms with Gasteiger partial charge in [0, 0.05) is 42.3 Å². The van der Waals surface area contributed by atoms with E-state index in [4.69, 9.17) is 75.8 Å². The highest BCUT2D eigenvalue weighted by Crippen LogP contribution is 2.40. The number of Topliss-reactive ketones (excluding diaryl/α,β-unsaturated/α-hetero) is 2. The third-order valence-electron chi connectivity index (χ3n) is 18.6. The standard InChI is InChI=1S/C59H97NO41S2/c1-19(66)3-5-86-7-8-87-6-4-21(67)9-20(51(82)83)15-102-17-28-49-35(73)42(80)58(93-28)98-47-26(13-64)89-55(38(76)31(47)69)97-46-25(12-63)92-57(41(79)34(46)72)101-50-29(18-103-16-22(60-2)52(84)85)94-59(43(81)36(50)74)99-48-27(14-65)90-54(39(77)32(48)70)95-44-23(10-61)88-53(37(75)30(44)68)96-45-24(11-62)91-56(100-49)40(78)33(45)71/h20,22-50,53-65,68-81H,3-18H2,1-2H3,(H,82,83)(H,84,85)/t20-,22-,23?,24?,25?,26?,27?,28?,29?,30-,31-,32?,33-,34-,35-,36-,37?,38?,39+,40?,41?,42?,43?,44-,45-,46-,47-,48-,49-,50-,53-,54-,55+,56?,57+,58-,59+/m1/s1. The topological polar surface area (TPSA) is 653 Å². The van der Waals surface area contributed by atoms with E-state index in [0.29, 0.717) is 0 Å². The van der Waals surface area contributed by atoms with Gasteiger partial charge in [0.2, 0.25) is 0 Å². The van der Waals surface area contributed by atoms with Crippen LogP contribution in [0, 0.1) is 5.92 Å². The zero-order valence-electron chi connectivity index (χ0n) is 55.5. The summed E-state index contributed by atoms with van der Waals surface area (Å²) in [5.74, 6) is -6.08. The van der Waals surface area contributed by atoms with E-state index >= 15 is 0 Å². The number of hydrogen-bond acceptors (Lipinski definition) is 42. The normalized spacial score (nSPS) is 44.9. The van der Waals surface area contributed by atoms with Crippen LogP contribution in [0.5, 0.6) is 0 Å². The molecule has 44 heteroatoms. The van der Waals surface area contributed by atoms with Crippen molar-refractivity contribution in [1.82, 2.24) is 5.32 Å². The van der Waals surface area contributed by atoms with Crippen LogP contribution in [-0.4, -0.2) is 441 Å². The van der Waals surface area contributed by atoms with Crippen molar-refractivity contribution in [3.8, 4) is 0 Å². The van der Waals surface area contributed by atoms with Crippen molar-refractivity contribution in [2.45, 2.75) is 247 Å². The Balaban J connectivity index is 1.08. The molecule has 37 atom stereocenters. The highest BCUT2D eigenvalue weighted by molar-refractivity contribution is 7.99. The van der Waals surface area contributed by atoms with Crippen LogP contribution in [-0.2, 0) is 95.0 Å². The van der Waals surface area contributed by atoms with E-state index in [1.54, 1.807) is 0 Å². The fourth-order valence-electron chi connectivity index (χ4n) is 12.6. The van der Waals surface area contributed by atoms with E-state index < -0.39 is 290 Å². The summed E-state index contributed by atoms with van der Waals surface area (Å²) in [6, 6.07) is -1.18. The van der Waals surface area contributed by atoms with Crippen LogP contribution >= 0.6 is 23.5 Å². The van der Waals surface area contributed by atoms with E-state index in [2.05, 4.69) is 5.32 Å². The Bertz CT molecular complexity index is 2610. The summed E-state index contributed by atoms with van der Waals surface area (Å²) in [7, 11) is 1.35. The van der Waals surface area contributed by atoms with Gasteiger partial charge >= 0.3 is 11.9 Å². The van der Waals surface area contributed by atoms with Gasteiger partial charge in [-0.3, -0.25) is 19.2 Å². The number of rotatable bonds is 27. The molecule has 596 valence electrons. The molecule has 0 saturated carbocycles. The van der Waals surface area contributed by atoms with Crippen molar-refractivity contribution in [2.75, 3.05) is 89.5 Å². The molecule has 21 rings (SSSR count). The molecule has 21 fully saturated rings. The van der Waals surface area contributed by atoms with Gasteiger partial charge < -0.3 is 188 Å². The Morgan fingerprint density at radius 3 is 0.845 bits per heavy atom. The Labute approximate surface area is 595 Å². The molecule has 21 aliphatic rings. The Morgan fingerprint density at radius 2 is 0.602 bits per heavy atom. The summed E-state index contributed by atoms with van der Waals surface area (Å²) in [6.07, 6.45) is -73.1. The summed E-state index contributed by atoms with van der Waals surface area (Å²) in [4.78, 5) is 48.7. The maximum absolute atomic E-state index is 13.0. The lowest BCUT2D eigenvalue weighted by molar-refractivity contribution is -0.395. The molecule has 0 radical (unpaired) electrons. The van der Waals surface area contributed by atoms with Gasteiger partial charge in [0.15, 0.2) is 44.0 Å². The molecule has 21 saturated heterocycles. The average molecular weight is 1540 g/mol. The fourth-order valence-corrected chi connectivity index (χ4v) is 15.0. The van der Waals surface area contributed by atoms with E-state index in [9.17, 15) is 126 Å². The first kappa shape index (κ1) is 86.1. The molecule has 21 aliphatic heterocycles. The molecule has 21 heterocycles. The monoisotopic (exact) mass is 1540 g/mol. The number of thioether (sulfide) groups is 2. The first-order chi connectivity index (χ1) is 49.0. The number of carbonyl (C=O) groups is 4. The molecule has 0 aliphatic carbocycles. The minimum absolute atomic E-state index is 0.0645. The maximum atomic E-state index is 13.0. The van der Waals surface area contributed by atoms with Gasteiger partial charge in [-0.2, -0.15) is 23.5 Å². The second-order valence-corrected chi connectivity index (χ2v) is 27.9. The first-order valence-electron chi connectivity index (χ1n) is 33.2. The van der Waals surface area contributed by atoms with Crippen LogP contribution in [0.25, 0.3) is 0 Å². The second-order valence-electron chi connectivity index (χ2n) is 25.7. The Morgan fingerprint density at radius 1 is 0.350 bits per heavy atom. The number of ether oxygens (including phenoxy) is 16. The van der Waals surface area contributed by atoms with Crippen molar-refractivity contribution in [3.05, 3.63) is 0 Å². The number of carbonyl (C=O) groups excluding carboxylic acids is 2. The number of hydrogen-bond donors (Lipinski definition) is 22. The molecular formula is C59H97NO41S2. The molecule has 0 aromatic rings. The van der Waals surface area contributed by atoms with E-state index in [1.807, 2.05) is 0 Å². The Hall–Kier alpha value is -2.46. The first-order valence-corrected chi connectivity index (χ1v) is 35.5. The molecule has 0 spiro atoms. The van der Waals surface area contributed by atoms with Gasteiger partial charge in [-0.25, -0.2) is 0 Å². The average Bonchev–Trinajstić information content (AvgIpc) is 0.785. The lowest BCUT2D eigenvalue weighted by Gasteiger charge is -2.50. The number of likely N-dealkylation sites (N-methyl/N-ethyl adjacent to an activating group) is 1. The van der Waals surface area contributed by atoms with Crippen molar-refractivity contribution in [2.24, 2.45) is 5.92 Å². The summed E-state index contributed by atoms with van der Waals surface area (Å²) in [5, 5.41) is 239. The smallest absolute Gasteiger partial charge is 0.321 e. The van der Waals surface area contributed by atoms with Crippen LogP contribution in [0.15, 0.2) is 0 Å². The molecule has 0 aromatic carbocycles. The van der Waals surface area contributed by atoms with Crippen LogP contribution in [0.3, 0.4) is 0 Å². The third-order valence-corrected chi connectivity index (χ3v) is 20.9. The summed E-state index contributed by atoms with van der Waals surface area (Å²) >= 11 is 1.66. The Kier molecular flexibility index (Phi) is 33.4. The molecule has 0 amide bonds. The zero-order chi connectivity index (χ0) is 75.4. The van der Waals surface area contributed by atoms with Crippen LogP contribution in [0.1, 0.15) is 26.2 Å². The molecule has 42 nitrogen and oxygen atoms in total. The lowest BCUT2D eigenvalue weighted by atomic mass is 9.95. The highest BCUT2D eigenvalue weighted by Gasteiger charge is 2.60. The largest absolute Gasteiger partial charge is 0.481 e. The maximum Gasteiger partial charge on any atom is 0.321 e. The van der Waals surface area contributed by atoms with Gasteiger partial charge in [0.25, 0.3) is 0 Å². The predicted molar refractivity (Wildman–Crippen MR) is 332 cm³/mol. The molecule has 22 N–H and O–H groups in total. The molecule has 15 unspecified atom stereocenters. The second kappa shape index (κ2) is 40.0. The van der Waals surface area contributed by atoms with Gasteiger partial charge in [0.1, 0.15) is 176 Å². The molecule has 103 heavy (non-hydrogen) atoms. The molecule has 14 bridgehead atoms. The highest BCUT2D eigenvalue weighted by atomic mass is 32.2. The van der Waals surface area contributed by atoms with Gasteiger partial charge in [-0.1, -0.05) is 0 Å². The number of aliphatic hydroxyl groups is 19. The summed E-state index contributed by atoms with van der Waals surface area (Å²) < 4.78 is 93.3. The van der Waals surface area contributed by atoms with Crippen molar-refractivity contribution < 1.29 is 202 Å². The van der Waals surface area contributed by atoms with Crippen molar-refractivity contribution >= 4 is 47.0 Å². The predicted octanol–water partition coefficient (Wildman–Crippen LogP) is -13.0. The van der Waals surface area contributed by atoms with E-state index in [0.717, 1.165) is 23.5 Å². The lowest BCUT2D eigenvalue weighted by Crippen LogP contribution is -2.68. The van der Waals surface area contributed by atoms with Crippen LogP contribution in [0.4, 0.5) is 0 Å². The van der Waals surface area contributed by atoms with Crippen LogP contribution < -0.4 is 5.32 Å². The number of carboxylic acids is 2. The van der Waals surface area contributed by atoms with Gasteiger partial charge in [0.05, 0.1) is 77.6 Å². The van der Waals surface area contributed by atoms with Gasteiger partial charge in [-0.15, -0.1) is 0 Å². The minimum Gasteiger partial charge on any atom is -0.481 e. The number of aliphatic carboxylic acids is 2. The van der Waals surface area contributed by atoms with E-state index in [1.165, 1.54) is 14.0 Å². The van der Waals surface area contributed by atoms with Crippen molar-refractivity contribution in [1.29, 1.82) is 0 Å². The minimum atomic E-state index is -2.31. The fraction of sp³-hybridized carbons (Fsp3) is 0.932. The molecule has 0 aromatic heterocycles. The van der Waals surface area contributed by atoms with Gasteiger partial charge in [-0.05, 0) is 14.0 Å². The van der Waals surface area contributed by atoms with Crippen LogP contribution in [0.2, 0.25) is 0 Å². The molecular weight excluding hydrogens is 1440 g/mol. The number of ketones is 2. The summed E-state index contributed by atoms with van der Waals surface area (Å²) in [6.45, 7) is -3.91. The summed E-state index contributed by atoms with van der Waals surface area (Å²) in [5.41, 5.74) is 0. The zero-order valence-corrected chi connectivity index (χ0v) is 57.2. The van der Waals surface area contributed by atoms with Crippen molar-refractivity contribution in [3.63, 3.8) is 0 Å². The number of aliphatic hydroxyl groups excluding tert-OH is 19.